The number of carbonyl (C=O) groups excluding carboxylic acids is 2. The van der Waals surface area contributed by atoms with Gasteiger partial charge in [0.05, 0.1) is 12.1 Å². The van der Waals surface area contributed by atoms with Crippen molar-refractivity contribution in [1.29, 1.82) is 0 Å². The van der Waals surface area contributed by atoms with Crippen molar-refractivity contribution in [1.82, 2.24) is 9.47 Å². The minimum absolute atomic E-state index is 0.0216. The largest absolute Gasteiger partial charge is 0.345 e. The summed E-state index contributed by atoms with van der Waals surface area (Å²) in [5.41, 5.74) is 4.11. The van der Waals surface area contributed by atoms with E-state index in [-0.39, 0.29) is 18.4 Å². The predicted molar refractivity (Wildman–Crippen MR) is 116 cm³/mol. The van der Waals surface area contributed by atoms with Crippen LogP contribution in [0.15, 0.2) is 30.3 Å². The highest BCUT2D eigenvalue weighted by molar-refractivity contribution is 6.00. The molecule has 1 aromatic heterocycles. The van der Waals surface area contributed by atoms with Gasteiger partial charge < -0.3 is 14.8 Å². The van der Waals surface area contributed by atoms with Gasteiger partial charge in [0.2, 0.25) is 5.91 Å². The summed E-state index contributed by atoms with van der Waals surface area (Å²) >= 11 is 0. The number of nitrogens with one attached hydrogen (secondary N) is 1. The van der Waals surface area contributed by atoms with Gasteiger partial charge in [-0.1, -0.05) is 31.2 Å². The Kier molecular flexibility index (Phi) is 6.43. The third-order valence-electron chi connectivity index (χ3n) is 5.70. The first-order valence-corrected chi connectivity index (χ1v) is 10.2. The number of likely N-dealkylation sites (N-methyl/N-ethyl adjacent to an activating group) is 1. The quantitative estimate of drug-likeness (QED) is 0.773. The monoisotopic (exact) mass is 391 g/mol. The smallest absolute Gasteiger partial charge is 0.255 e. The van der Waals surface area contributed by atoms with Crippen LogP contribution < -0.4 is 5.32 Å². The Morgan fingerprint density at radius 1 is 1.21 bits per heavy atom. The molecule has 152 valence electrons. The third kappa shape index (κ3) is 4.71. The van der Waals surface area contributed by atoms with Gasteiger partial charge in [-0.2, -0.15) is 0 Å². The molecule has 1 aliphatic carbocycles. The van der Waals surface area contributed by atoms with Crippen molar-refractivity contribution in [3.63, 3.8) is 0 Å². The van der Waals surface area contributed by atoms with Crippen molar-refractivity contribution >= 4 is 17.5 Å². The predicted octanol–water partition coefficient (Wildman–Crippen LogP) is 4.30. The molecule has 1 aromatic carbocycles. The summed E-state index contributed by atoms with van der Waals surface area (Å²) < 4.78 is 2.31. The molecular formula is C24H29N3O2. The summed E-state index contributed by atoms with van der Waals surface area (Å²) in [6.07, 6.45) is 11.5. The van der Waals surface area contributed by atoms with E-state index < -0.39 is 0 Å². The van der Waals surface area contributed by atoms with E-state index in [9.17, 15) is 9.59 Å². The number of aromatic nitrogens is 1. The van der Waals surface area contributed by atoms with Crippen molar-refractivity contribution in [2.75, 3.05) is 18.9 Å². The van der Waals surface area contributed by atoms with E-state index in [1.165, 1.54) is 37.0 Å². The number of terminal acetylenes is 1. The van der Waals surface area contributed by atoms with Gasteiger partial charge in [0.25, 0.3) is 5.91 Å². The summed E-state index contributed by atoms with van der Waals surface area (Å²) in [7, 11) is 1.66. The fourth-order valence-electron chi connectivity index (χ4n) is 4.27. The zero-order valence-electron chi connectivity index (χ0n) is 17.5. The van der Waals surface area contributed by atoms with Gasteiger partial charge in [-0.3, -0.25) is 9.59 Å². The van der Waals surface area contributed by atoms with E-state index in [1.54, 1.807) is 31.3 Å². The van der Waals surface area contributed by atoms with Crippen molar-refractivity contribution < 1.29 is 9.59 Å². The van der Waals surface area contributed by atoms with E-state index in [0.717, 1.165) is 11.4 Å². The van der Waals surface area contributed by atoms with Crippen molar-refractivity contribution in [2.24, 2.45) is 0 Å². The van der Waals surface area contributed by atoms with Gasteiger partial charge >= 0.3 is 0 Å². The van der Waals surface area contributed by atoms with E-state index in [4.69, 9.17) is 6.42 Å². The molecule has 1 fully saturated rings. The molecule has 1 saturated carbocycles. The molecule has 1 heterocycles. The lowest BCUT2D eigenvalue weighted by Crippen LogP contribution is -2.35. The van der Waals surface area contributed by atoms with E-state index in [2.05, 4.69) is 22.7 Å². The van der Waals surface area contributed by atoms with Crippen LogP contribution in [-0.2, 0) is 4.79 Å². The fourth-order valence-corrected chi connectivity index (χ4v) is 4.27. The molecule has 0 spiro atoms. The Balaban J connectivity index is 1.68. The van der Waals surface area contributed by atoms with Crippen LogP contribution in [0.4, 0.5) is 5.69 Å². The zero-order chi connectivity index (χ0) is 21.0. The lowest BCUT2D eigenvalue weighted by Gasteiger charge is -2.26. The maximum absolute atomic E-state index is 13.0. The van der Waals surface area contributed by atoms with Crippen molar-refractivity contribution in [2.45, 2.75) is 52.0 Å². The molecule has 2 amide bonds. The summed E-state index contributed by atoms with van der Waals surface area (Å²) in [4.78, 5) is 26.9. The standard InChI is InChI=1S/C24H29N3O2/c1-5-19-10-9-11-20(15-19)25-23(28)16-26(4)24(29)22-14-17(2)27(18(22)3)21-12-7-6-8-13-21/h1,9-11,14-15,21H,6-8,12-13,16H2,2-4H3,(H,25,28). The second-order valence-electron chi connectivity index (χ2n) is 7.88. The Hall–Kier alpha value is -3.00. The molecule has 0 unspecified atom stereocenters. The highest BCUT2D eigenvalue weighted by Crippen LogP contribution is 2.32. The molecule has 2 aromatic rings. The topological polar surface area (TPSA) is 54.3 Å². The minimum atomic E-state index is -0.254. The maximum Gasteiger partial charge on any atom is 0.255 e. The second-order valence-corrected chi connectivity index (χ2v) is 7.88. The highest BCUT2D eigenvalue weighted by atomic mass is 16.2. The summed E-state index contributed by atoms with van der Waals surface area (Å²) in [5, 5.41) is 2.80. The first-order valence-electron chi connectivity index (χ1n) is 10.2. The molecular weight excluding hydrogens is 362 g/mol. The Morgan fingerprint density at radius 2 is 1.93 bits per heavy atom. The number of benzene rings is 1. The lowest BCUT2D eigenvalue weighted by atomic mass is 9.95. The molecule has 0 aliphatic heterocycles. The molecule has 3 rings (SSSR count). The van der Waals surface area contributed by atoms with E-state index in [0.29, 0.717) is 22.9 Å². The van der Waals surface area contributed by atoms with Gasteiger partial charge in [-0.05, 0) is 51.0 Å². The number of rotatable bonds is 5. The van der Waals surface area contributed by atoms with Crippen LogP contribution in [0.25, 0.3) is 0 Å². The first kappa shape index (κ1) is 20.7. The van der Waals surface area contributed by atoms with Crippen LogP contribution in [0, 0.1) is 26.2 Å². The van der Waals surface area contributed by atoms with Gasteiger partial charge in [-0.25, -0.2) is 0 Å². The lowest BCUT2D eigenvalue weighted by molar-refractivity contribution is -0.116. The summed E-state index contributed by atoms with van der Waals surface area (Å²) in [6.45, 7) is 4.05. The Bertz CT molecular complexity index is 946. The molecule has 0 saturated heterocycles. The van der Waals surface area contributed by atoms with Gasteiger partial charge in [-0.15, -0.1) is 6.42 Å². The van der Waals surface area contributed by atoms with Crippen LogP contribution in [-0.4, -0.2) is 34.9 Å². The molecule has 0 bridgehead atoms. The maximum atomic E-state index is 13.0. The first-order chi connectivity index (χ1) is 13.9. The van der Waals surface area contributed by atoms with Crippen LogP contribution in [0.2, 0.25) is 0 Å². The second kappa shape index (κ2) is 9.00. The molecule has 1 N–H and O–H groups in total. The molecule has 29 heavy (non-hydrogen) atoms. The Morgan fingerprint density at radius 3 is 2.62 bits per heavy atom. The number of nitrogens with zero attached hydrogens (tertiary/aromatic N) is 2. The number of aryl methyl sites for hydroxylation is 1. The van der Waals surface area contributed by atoms with Gasteiger partial charge in [0.15, 0.2) is 0 Å². The number of hydrogen-bond donors (Lipinski definition) is 1. The van der Waals surface area contributed by atoms with Gasteiger partial charge in [0.1, 0.15) is 0 Å². The summed E-state index contributed by atoms with van der Waals surface area (Å²) in [6, 6.07) is 9.53. The van der Waals surface area contributed by atoms with Crippen molar-refractivity contribution in [3.8, 4) is 12.3 Å². The van der Waals surface area contributed by atoms with Crippen LogP contribution in [0.1, 0.15) is 65.5 Å². The average Bonchev–Trinajstić information content (AvgIpc) is 3.02. The van der Waals surface area contributed by atoms with E-state index >= 15 is 0 Å². The normalized spacial score (nSPS) is 14.3. The third-order valence-corrected chi connectivity index (χ3v) is 5.70. The van der Waals surface area contributed by atoms with Crippen LogP contribution >= 0.6 is 0 Å². The highest BCUT2D eigenvalue weighted by Gasteiger charge is 2.24. The number of anilines is 1. The summed E-state index contributed by atoms with van der Waals surface area (Å²) in [5.74, 6) is 2.16. The van der Waals surface area contributed by atoms with Crippen LogP contribution in [0.5, 0.6) is 0 Å². The number of hydrogen-bond acceptors (Lipinski definition) is 2. The SMILES string of the molecule is C#Cc1cccc(NC(=O)CN(C)C(=O)c2cc(C)n(C3CCCCC3)c2C)c1. The molecule has 1 aliphatic rings. The minimum Gasteiger partial charge on any atom is -0.345 e. The van der Waals surface area contributed by atoms with Crippen molar-refractivity contribution in [3.05, 3.63) is 52.8 Å². The molecule has 5 nitrogen and oxygen atoms in total. The zero-order valence-corrected chi connectivity index (χ0v) is 17.5. The molecule has 5 heteroatoms. The van der Waals surface area contributed by atoms with E-state index in [1.807, 2.05) is 13.0 Å². The fraction of sp³-hybridized carbons (Fsp3) is 0.417. The number of carbonyl (C=O) groups is 2. The van der Waals surface area contributed by atoms with Gasteiger partial charge in [0, 0.05) is 35.7 Å². The molecule has 0 radical (unpaired) electrons. The van der Waals surface area contributed by atoms with Crippen LogP contribution in [0.3, 0.4) is 0 Å². The Labute approximate surface area is 173 Å². The number of amides is 2. The average molecular weight is 392 g/mol. The molecule has 0 atom stereocenters.